The summed E-state index contributed by atoms with van der Waals surface area (Å²) < 4.78 is 5.38. The number of likely N-dealkylation sites (N-methyl/N-ethyl adjacent to an activating group) is 1. The Kier molecular flexibility index (Phi) is 2.53. The summed E-state index contributed by atoms with van der Waals surface area (Å²) in [7, 11) is 1.85. The maximum Gasteiger partial charge on any atom is 0.327 e. The topological polar surface area (TPSA) is 116 Å². The second-order valence-corrected chi connectivity index (χ2v) is 4.29. The first kappa shape index (κ1) is 11.2. The monoisotopic (exact) mass is 251 g/mol. The molecule has 0 aromatic carbocycles. The van der Waals surface area contributed by atoms with Crippen LogP contribution in [0.2, 0.25) is 0 Å². The zero-order valence-electron chi connectivity index (χ0n) is 9.74. The zero-order chi connectivity index (χ0) is 12.7. The van der Waals surface area contributed by atoms with Crippen molar-refractivity contribution in [2.75, 3.05) is 20.3 Å². The van der Waals surface area contributed by atoms with Crippen LogP contribution in [0.15, 0.2) is 9.59 Å². The standard InChI is InChI=1S/C10H13N5O3/c1-11-5-3-18-2-4(5)7-12-6-8(13-7)14-10(17)15-9(6)16/h4-5,11H,2-3H2,1H3,(H3,12,13,14,15,16,17). The van der Waals surface area contributed by atoms with E-state index in [1.165, 1.54) is 0 Å². The molecule has 0 amide bonds. The smallest absolute Gasteiger partial charge is 0.327 e. The lowest BCUT2D eigenvalue weighted by Crippen LogP contribution is -2.31. The third-order valence-corrected chi connectivity index (χ3v) is 3.21. The summed E-state index contributed by atoms with van der Waals surface area (Å²) in [5.41, 5.74) is -0.460. The number of nitrogens with one attached hydrogen (secondary N) is 4. The molecule has 0 saturated carbocycles. The Morgan fingerprint density at radius 2 is 2.11 bits per heavy atom. The molecule has 3 rings (SSSR count). The summed E-state index contributed by atoms with van der Waals surface area (Å²) in [6.07, 6.45) is 0. The first-order valence-electron chi connectivity index (χ1n) is 5.66. The molecule has 2 unspecified atom stereocenters. The van der Waals surface area contributed by atoms with Crippen LogP contribution in [0.25, 0.3) is 11.2 Å². The lowest BCUT2D eigenvalue weighted by Gasteiger charge is -2.13. The van der Waals surface area contributed by atoms with E-state index in [1.807, 2.05) is 7.05 Å². The SMILES string of the molecule is CNC1COCC1c1nc2[nH]c(=O)[nH]c(=O)c2[nH]1. The molecule has 0 spiro atoms. The van der Waals surface area contributed by atoms with E-state index in [-0.39, 0.29) is 23.1 Å². The second kappa shape index (κ2) is 4.07. The lowest BCUT2D eigenvalue weighted by atomic mass is 10.0. The van der Waals surface area contributed by atoms with Crippen molar-refractivity contribution in [1.82, 2.24) is 25.3 Å². The fourth-order valence-corrected chi connectivity index (χ4v) is 2.23. The van der Waals surface area contributed by atoms with Gasteiger partial charge in [0.15, 0.2) is 5.65 Å². The predicted molar refractivity (Wildman–Crippen MR) is 63.7 cm³/mol. The van der Waals surface area contributed by atoms with Gasteiger partial charge in [-0.2, -0.15) is 0 Å². The average molecular weight is 251 g/mol. The number of H-pyrrole nitrogens is 3. The fourth-order valence-electron chi connectivity index (χ4n) is 2.23. The lowest BCUT2D eigenvalue weighted by molar-refractivity contribution is 0.188. The summed E-state index contributed by atoms with van der Waals surface area (Å²) in [4.78, 5) is 34.6. The van der Waals surface area contributed by atoms with Gasteiger partial charge in [0.25, 0.3) is 5.56 Å². The van der Waals surface area contributed by atoms with Crippen molar-refractivity contribution in [3.63, 3.8) is 0 Å². The van der Waals surface area contributed by atoms with Gasteiger partial charge in [0.1, 0.15) is 11.3 Å². The molecular weight excluding hydrogens is 238 g/mol. The van der Waals surface area contributed by atoms with Crippen molar-refractivity contribution < 1.29 is 4.74 Å². The Morgan fingerprint density at radius 1 is 1.28 bits per heavy atom. The Hall–Kier alpha value is -1.93. The molecule has 0 aliphatic carbocycles. The Morgan fingerprint density at radius 3 is 2.89 bits per heavy atom. The summed E-state index contributed by atoms with van der Waals surface area (Å²) in [5.74, 6) is 0.694. The van der Waals surface area contributed by atoms with Gasteiger partial charge in [0, 0.05) is 6.04 Å². The van der Waals surface area contributed by atoms with Crippen molar-refractivity contribution in [2.45, 2.75) is 12.0 Å². The highest BCUT2D eigenvalue weighted by Crippen LogP contribution is 2.23. The van der Waals surface area contributed by atoms with Crippen molar-refractivity contribution in [2.24, 2.45) is 0 Å². The third kappa shape index (κ3) is 1.66. The number of fused-ring (bicyclic) bond motifs is 1. The van der Waals surface area contributed by atoms with Gasteiger partial charge >= 0.3 is 5.69 Å². The summed E-state index contributed by atoms with van der Waals surface area (Å²) in [6.45, 7) is 1.14. The highest BCUT2D eigenvalue weighted by atomic mass is 16.5. The van der Waals surface area contributed by atoms with E-state index in [0.29, 0.717) is 19.0 Å². The van der Waals surface area contributed by atoms with Crippen LogP contribution < -0.4 is 16.6 Å². The molecule has 0 radical (unpaired) electrons. The van der Waals surface area contributed by atoms with Crippen LogP contribution in [0.1, 0.15) is 11.7 Å². The quantitative estimate of drug-likeness (QED) is 0.526. The number of hydrogen-bond donors (Lipinski definition) is 4. The van der Waals surface area contributed by atoms with Gasteiger partial charge in [-0.05, 0) is 7.05 Å². The highest BCUT2D eigenvalue weighted by Gasteiger charge is 2.31. The Balaban J connectivity index is 2.11. The first-order valence-corrected chi connectivity index (χ1v) is 5.66. The molecule has 1 aliphatic rings. The van der Waals surface area contributed by atoms with Crippen LogP contribution >= 0.6 is 0 Å². The maximum atomic E-state index is 11.6. The van der Waals surface area contributed by atoms with E-state index >= 15 is 0 Å². The van der Waals surface area contributed by atoms with Gasteiger partial charge in [0.2, 0.25) is 0 Å². The second-order valence-electron chi connectivity index (χ2n) is 4.29. The van der Waals surface area contributed by atoms with E-state index in [4.69, 9.17) is 4.74 Å². The van der Waals surface area contributed by atoms with Gasteiger partial charge in [-0.25, -0.2) is 9.78 Å². The molecule has 8 heteroatoms. The van der Waals surface area contributed by atoms with E-state index in [2.05, 4.69) is 25.3 Å². The number of rotatable bonds is 2. The van der Waals surface area contributed by atoms with Gasteiger partial charge in [-0.3, -0.25) is 14.8 Å². The van der Waals surface area contributed by atoms with Crippen molar-refractivity contribution in [3.05, 3.63) is 26.7 Å². The minimum absolute atomic E-state index is 0.0466. The number of aromatic nitrogens is 4. The minimum Gasteiger partial charge on any atom is -0.379 e. The number of hydrogen-bond acceptors (Lipinski definition) is 5. The first-order chi connectivity index (χ1) is 8.69. The molecular formula is C10H13N5O3. The number of nitrogens with zero attached hydrogens (tertiary/aromatic N) is 1. The number of ether oxygens (including phenoxy) is 1. The molecule has 18 heavy (non-hydrogen) atoms. The van der Waals surface area contributed by atoms with Gasteiger partial charge in [-0.1, -0.05) is 0 Å². The number of imidazole rings is 1. The fraction of sp³-hybridized carbons (Fsp3) is 0.500. The Labute approximate surface area is 101 Å². The van der Waals surface area contributed by atoms with E-state index in [1.54, 1.807) is 0 Å². The van der Waals surface area contributed by atoms with Crippen LogP contribution in [0.4, 0.5) is 0 Å². The van der Waals surface area contributed by atoms with E-state index in [9.17, 15) is 9.59 Å². The van der Waals surface area contributed by atoms with Gasteiger partial charge in [-0.15, -0.1) is 0 Å². The molecule has 1 saturated heterocycles. The molecule has 2 aromatic heterocycles. The van der Waals surface area contributed by atoms with Crippen LogP contribution in [-0.2, 0) is 4.74 Å². The van der Waals surface area contributed by atoms with Crippen LogP contribution in [0.5, 0.6) is 0 Å². The predicted octanol–water partition coefficient (Wildman–Crippen LogP) is -1.36. The molecule has 4 N–H and O–H groups in total. The normalized spacial score (nSPS) is 23.8. The van der Waals surface area contributed by atoms with Gasteiger partial charge < -0.3 is 15.0 Å². The largest absolute Gasteiger partial charge is 0.379 e. The molecule has 2 atom stereocenters. The van der Waals surface area contributed by atoms with Crippen molar-refractivity contribution >= 4 is 11.2 Å². The summed E-state index contributed by atoms with van der Waals surface area (Å²) in [6, 6.07) is 0.149. The highest BCUT2D eigenvalue weighted by molar-refractivity contribution is 5.68. The molecule has 1 fully saturated rings. The molecule has 3 heterocycles. The van der Waals surface area contributed by atoms with Gasteiger partial charge in [0.05, 0.1) is 19.1 Å². The van der Waals surface area contributed by atoms with Crippen LogP contribution in [-0.4, -0.2) is 46.2 Å². The number of aromatic amines is 3. The molecule has 1 aliphatic heterocycles. The third-order valence-electron chi connectivity index (χ3n) is 3.21. The molecule has 8 nitrogen and oxygen atoms in total. The minimum atomic E-state index is -0.557. The van der Waals surface area contributed by atoms with Crippen molar-refractivity contribution in [3.8, 4) is 0 Å². The van der Waals surface area contributed by atoms with Crippen LogP contribution in [0.3, 0.4) is 0 Å². The summed E-state index contributed by atoms with van der Waals surface area (Å²) >= 11 is 0. The molecule has 2 aromatic rings. The zero-order valence-corrected chi connectivity index (χ0v) is 9.74. The van der Waals surface area contributed by atoms with Crippen molar-refractivity contribution in [1.29, 1.82) is 0 Å². The maximum absolute atomic E-state index is 11.6. The molecule has 0 bridgehead atoms. The van der Waals surface area contributed by atoms with E-state index < -0.39 is 11.2 Å². The average Bonchev–Trinajstić information content (AvgIpc) is 2.92. The molecule has 96 valence electrons. The van der Waals surface area contributed by atoms with E-state index in [0.717, 1.165) is 0 Å². The summed E-state index contributed by atoms with van der Waals surface area (Å²) in [5, 5.41) is 3.14. The Bertz CT molecular complexity index is 685. The van der Waals surface area contributed by atoms with Crippen LogP contribution in [0, 0.1) is 0 Å².